The van der Waals surface area contributed by atoms with Crippen LogP contribution < -0.4 is 4.74 Å². The van der Waals surface area contributed by atoms with E-state index >= 15 is 0 Å². The van der Waals surface area contributed by atoms with Crippen LogP contribution in [0.2, 0.25) is 0 Å². The molecule has 2 aromatic rings. The second-order valence-electron chi connectivity index (χ2n) is 5.41. The van der Waals surface area contributed by atoms with Crippen molar-refractivity contribution >= 4 is 0 Å². The van der Waals surface area contributed by atoms with Gasteiger partial charge in [0.05, 0.1) is 6.04 Å². The number of hydrogen-bond acceptors (Lipinski definition) is 2. The van der Waals surface area contributed by atoms with Crippen LogP contribution in [-0.2, 0) is 0 Å². The number of aromatic nitrogens is 2. The van der Waals surface area contributed by atoms with Gasteiger partial charge >= 0.3 is 0 Å². The summed E-state index contributed by atoms with van der Waals surface area (Å²) in [5.74, 6) is 0.600. The Labute approximate surface area is 111 Å². The molecule has 2 atom stereocenters. The average molecular weight is 258 g/mol. The Balaban J connectivity index is 1.88. The molecule has 0 N–H and O–H groups in total. The molecule has 0 amide bonds. The van der Waals surface area contributed by atoms with Gasteiger partial charge in [0.25, 0.3) is 0 Å². The molecule has 1 aromatic carbocycles. The molecule has 0 spiro atoms. The average Bonchev–Trinajstić information content (AvgIpc) is 2.95. The molecule has 2 unspecified atom stereocenters. The van der Waals surface area contributed by atoms with Crippen molar-refractivity contribution < 1.29 is 9.13 Å². The highest BCUT2D eigenvalue weighted by Gasteiger charge is 2.37. The number of nitrogens with zero attached hydrogens (tertiary/aromatic N) is 2. The summed E-state index contributed by atoms with van der Waals surface area (Å²) in [4.78, 5) is 0. The van der Waals surface area contributed by atoms with E-state index in [1.54, 1.807) is 12.1 Å². The molecule has 2 aliphatic rings. The van der Waals surface area contributed by atoms with Crippen molar-refractivity contribution in [2.24, 2.45) is 0 Å². The van der Waals surface area contributed by atoms with Gasteiger partial charge in [-0.3, -0.25) is 0 Å². The zero-order valence-corrected chi connectivity index (χ0v) is 10.8. The van der Waals surface area contributed by atoms with Crippen molar-refractivity contribution in [1.29, 1.82) is 0 Å². The van der Waals surface area contributed by atoms with Crippen molar-refractivity contribution in [3.63, 3.8) is 0 Å². The number of halogens is 1. The van der Waals surface area contributed by atoms with E-state index in [9.17, 15) is 4.39 Å². The van der Waals surface area contributed by atoms with E-state index in [-0.39, 0.29) is 5.82 Å². The zero-order chi connectivity index (χ0) is 13.0. The summed E-state index contributed by atoms with van der Waals surface area (Å²) in [7, 11) is 0. The normalized spacial score (nSPS) is 24.1. The molecular formula is C15H15FN2O. The minimum Gasteiger partial charge on any atom is -0.474 e. The van der Waals surface area contributed by atoms with Crippen LogP contribution in [0.15, 0.2) is 24.3 Å². The number of hydrogen-bond donors (Lipinski definition) is 0. The van der Waals surface area contributed by atoms with Gasteiger partial charge in [-0.05, 0) is 31.9 Å². The van der Waals surface area contributed by atoms with Crippen molar-refractivity contribution in [3.05, 3.63) is 35.6 Å². The SMILES string of the molecule is Cc1c(-c2ccccc2F)nn2c1OC1CCC2C1. The van der Waals surface area contributed by atoms with E-state index in [0.29, 0.717) is 23.4 Å². The van der Waals surface area contributed by atoms with Gasteiger partial charge in [0.15, 0.2) is 0 Å². The number of benzene rings is 1. The highest BCUT2D eigenvalue weighted by molar-refractivity contribution is 5.65. The predicted octanol–water partition coefficient (Wildman–Crippen LogP) is 3.48. The molecule has 98 valence electrons. The summed E-state index contributed by atoms with van der Waals surface area (Å²) in [6.07, 6.45) is 3.56. The molecule has 1 aliphatic heterocycles. The number of fused-ring (bicyclic) bond motifs is 4. The predicted molar refractivity (Wildman–Crippen MR) is 69.7 cm³/mol. The summed E-state index contributed by atoms with van der Waals surface area (Å²) in [5.41, 5.74) is 2.21. The highest BCUT2D eigenvalue weighted by atomic mass is 19.1. The number of ether oxygens (including phenoxy) is 1. The molecule has 2 bridgehead atoms. The van der Waals surface area contributed by atoms with Gasteiger partial charge in [-0.25, -0.2) is 9.07 Å². The van der Waals surface area contributed by atoms with Crippen LogP contribution in [-0.4, -0.2) is 15.9 Å². The maximum absolute atomic E-state index is 13.9. The topological polar surface area (TPSA) is 27.1 Å². The Morgan fingerprint density at radius 1 is 1.32 bits per heavy atom. The number of rotatable bonds is 1. The first-order chi connectivity index (χ1) is 9.24. The van der Waals surface area contributed by atoms with Crippen LogP contribution in [0.1, 0.15) is 30.9 Å². The molecule has 3 nitrogen and oxygen atoms in total. The highest BCUT2D eigenvalue weighted by Crippen LogP contribution is 2.44. The summed E-state index contributed by atoms with van der Waals surface area (Å²) in [6.45, 7) is 1.96. The van der Waals surface area contributed by atoms with Crippen LogP contribution in [0.5, 0.6) is 5.88 Å². The molecule has 1 aromatic heterocycles. The first-order valence-corrected chi connectivity index (χ1v) is 6.74. The van der Waals surface area contributed by atoms with Crippen molar-refractivity contribution in [3.8, 4) is 17.1 Å². The van der Waals surface area contributed by atoms with Crippen molar-refractivity contribution in [2.75, 3.05) is 0 Å². The molecule has 1 saturated carbocycles. The Hall–Kier alpha value is -1.84. The first kappa shape index (κ1) is 11.0. The first-order valence-electron chi connectivity index (χ1n) is 6.74. The molecule has 1 fully saturated rings. The van der Waals surface area contributed by atoms with Gasteiger partial charge in [0.1, 0.15) is 17.6 Å². The van der Waals surface area contributed by atoms with Gasteiger partial charge in [0, 0.05) is 17.5 Å². The molecular weight excluding hydrogens is 243 g/mol. The fourth-order valence-corrected chi connectivity index (χ4v) is 3.20. The third-order valence-electron chi connectivity index (χ3n) is 4.20. The third-order valence-corrected chi connectivity index (χ3v) is 4.20. The van der Waals surface area contributed by atoms with Crippen LogP contribution in [0, 0.1) is 12.7 Å². The monoisotopic (exact) mass is 258 g/mol. The molecule has 2 heterocycles. The van der Waals surface area contributed by atoms with Crippen LogP contribution >= 0.6 is 0 Å². The van der Waals surface area contributed by atoms with Crippen molar-refractivity contribution in [1.82, 2.24) is 9.78 Å². The maximum atomic E-state index is 13.9. The lowest BCUT2D eigenvalue weighted by Gasteiger charge is -2.22. The fourth-order valence-electron chi connectivity index (χ4n) is 3.20. The van der Waals surface area contributed by atoms with Gasteiger partial charge in [0.2, 0.25) is 5.88 Å². The summed E-state index contributed by atoms with van der Waals surface area (Å²) < 4.78 is 21.9. The molecule has 0 radical (unpaired) electrons. The molecule has 1 aliphatic carbocycles. The minimum atomic E-state index is -0.230. The fraction of sp³-hybridized carbons (Fsp3) is 0.400. The second kappa shape index (κ2) is 3.83. The lowest BCUT2D eigenvalue weighted by atomic mass is 10.1. The molecule has 4 rings (SSSR count). The minimum absolute atomic E-state index is 0.230. The van der Waals surface area contributed by atoms with Crippen molar-refractivity contribution in [2.45, 2.75) is 38.3 Å². The summed E-state index contributed by atoms with van der Waals surface area (Å²) in [5, 5.41) is 4.61. The molecule has 19 heavy (non-hydrogen) atoms. The van der Waals surface area contributed by atoms with E-state index in [1.807, 2.05) is 17.7 Å². The van der Waals surface area contributed by atoms with Gasteiger partial charge in [-0.1, -0.05) is 12.1 Å². The standard InChI is InChI=1S/C15H15FN2O/c1-9-14(12-4-2-3-5-13(12)16)17-18-10-6-7-11(8-10)19-15(9)18/h2-5,10-11H,6-8H2,1H3. The Morgan fingerprint density at radius 2 is 2.16 bits per heavy atom. The smallest absolute Gasteiger partial charge is 0.215 e. The van der Waals surface area contributed by atoms with Crippen LogP contribution in [0.25, 0.3) is 11.3 Å². The Kier molecular flexibility index (Phi) is 2.22. The van der Waals surface area contributed by atoms with Crippen LogP contribution in [0.3, 0.4) is 0 Å². The molecule has 0 saturated heterocycles. The van der Waals surface area contributed by atoms with E-state index in [4.69, 9.17) is 4.74 Å². The van der Waals surface area contributed by atoms with E-state index in [1.165, 1.54) is 6.07 Å². The third kappa shape index (κ3) is 1.52. The quantitative estimate of drug-likeness (QED) is 0.783. The van der Waals surface area contributed by atoms with E-state index in [0.717, 1.165) is 30.7 Å². The summed E-state index contributed by atoms with van der Waals surface area (Å²) >= 11 is 0. The lowest BCUT2D eigenvalue weighted by molar-refractivity contribution is 0.152. The lowest BCUT2D eigenvalue weighted by Crippen LogP contribution is -2.22. The van der Waals surface area contributed by atoms with Gasteiger partial charge in [-0.2, -0.15) is 5.10 Å². The molecule has 4 heteroatoms. The zero-order valence-electron chi connectivity index (χ0n) is 10.8. The largest absolute Gasteiger partial charge is 0.474 e. The summed E-state index contributed by atoms with van der Waals surface area (Å²) in [6, 6.07) is 7.20. The van der Waals surface area contributed by atoms with E-state index in [2.05, 4.69) is 5.10 Å². The van der Waals surface area contributed by atoms with Gasteiger partial charge in [-0.15, -0.1) is 0 Å². The van der Waals surface area contributed by atoms with Crippen LogP contribution in [0.4, 0.5) is 4.39 Å². The van der Waals surface area contributed by atoms with E-state index < -0.39 is 0 Å². The maximum Gasteiger partial charge on any atom is 0.215 e. The Bertz CT molecular complexity index is 650. The van der Waals surface area contributed by atoms with Gasteiger partial charge < -0.3 is 4.74 Å². The Morgan fingerprint density at radius 3 is 3.00 bits per heavy atom. The second-order valence-corrected chi connectivity index (χ2v) is 5.41.